The molecule has 8 saturated heterocycles. The second-order valence-corrected chi connectivity index (χ2v) is 23.9. The molecule has 8 rings (SSSR count). The first-order valence-electron chi connectivity index (χ1n) is 30.1. The highest BCUT2D eigenvalue weighted by molar-refractivity contribution is 5.73. The van der Waals surface area contributed by atoms with Crippen molar-refractivity contribution >= 4 is 11.8 Å². The number of carbonyl (C=O) groups is 2. The van der Waals surface area contributed by atoms with Crippen LogP contribution in [0.1, 0.15) is 13.8 Å². The van der Waals surface area contributed by atoms with E-state index in [0.29, 0.717) is 0 Å². The number of ether oxygens (including phenoxy) is 15. The van der Waals surface area contributed by atoms with Gasteiger partial charge >= 0.3 is 0 Å². The zero-order valence-corrected chi connectivity index (χ0v) is 50.4. The number of carbonyl (C=O) groups excluding carboxylic acids is 2. The number of nitrogens with one attached hydrogen (secondary N) is 2. The molecule has 0 spiro atoms. The van der Waals surface area contributed by atoms with E-state index in [4.69, 9.17) is 71.1 Å². The lowest BCUT2D eigenvalue weighted by molar-refractivity contribution is -0.399. The average molecular weight is 1400 g/mol. The predicted octanol–water partition coefficient (Wildman–Crippen LogP) is -18.2. The smallest absolute Gasteiger partial charge is 0.217 e. The maximum absolute atomic E-state index is 12.8. The molecular weight excluding hydrogens is 1310 g/mol. The molecule has 0 aromatic carbocycles. The second-order valence-electron chi connectivity index (χ2n) is 23.9. The third-order valence-electron chi connectivity index (χ3n) is 17.4. The van der Waals surface area contributed by atoms with Gasteiger partial charge in [0.15, 0.2) is 50.3 Å². The van der Waals surface area contributed by atoms with Crippen LogP contribution in [0.5, 0.6) is 0 Å². The molecule has 8 aliphatic rings. The van der Waals surface area contributed by atoms with Crippen molar-refractivity contribution in [1.82, 2.24) is 10.6 Å². The van der Waals surface area contributed by atoms with Gasteiger partial charge in [0.1, 0.15) is 195 Å². The van der Waals surface area contributed by atoms with Crippen LogP contribution in [-0.4, -0.2) is 433 Å². The van der Waals surface area contributed by atoms with Gasteiger partial charge in [0.2, 0.25) is 11.8 Å². The highest BCUT2D eigenvalue weighted by Gasteiger charge is 2.59. The quantitative estimate of drug-likeness (QED) is 0.0427. The van der Waals surface area contributed by atoms with E-state index in [0.717, 1.165) is 13.8 Å². The lowest BCUT2D eigenvalue weighted by Crippen LogP contribution is -2.70. The molecule has 8 heterocycles. The summed E-state index contributed by atoms with van der Waals surface area (Å²) in [7, 11) is 0. The highest BCUT2D eigenvalue weighted by atomic mass is 16.8. The first kappa shape index (κ1) is 78.1. The molecule has 0 bridgehead atoms. The van der Waals surface area contributed by atoms with Crippen LogP contribution in [0, 0.1) is 0 Å². The van der Waals surface area contributed by atoms with Crippen LogP contribution in [0.3, 0.4) is 0 Å². The summed E-state index contributed by atoms with van der Waals surface area (Å²) in [6.45, 7) is -6.26. The number of aliphatic hydroxyl groups excluding tert-OH is 24. The van der Waals surface area contributed by atoms with Crippen molar-refractivity contribution < 1.29 is 203 Å². The number of amides is 2. The summed E-state index contributed by atoms with van der Waals surface area (Å²) in [5.74, 6) is -1.68. The van der Waals surface area contributed by atoms with Gasteiger partial charge in [-0.3, -0.25) is 9.59 Å². The molecular formula is C52H88N2O41. The fraction of sp³-hybridized carbons (Fsp3) is 0.962. The summed E-state index contributed by atoms with van der Waals surface area (Å²) in [6, 6.07) is -3.49. The SMILES string of the molecule is CC(=O)N[C@@H]1[C@@H](O)[C@H](O[C@@H]2O[C@H](CO)[C@@H](OC3O[C@H](COC4O[C@H](COC5O[C@H](CO)[C@@H](O)[C@H](O)[C@@H]5O)[C@@H](O)[C@H](OC5O[C@H](CO)[C@@H](O)[C@H](O)[C@@H]5O)[C@@H]4O)[C@@H](O)[C@H](OC4O[C@H](CO)[C@@H](O)[C@H](O)[C@@H]4OC4O[C@H](CO)[C@@H](O)[C@H](O)[C@@H]4O)[C@@H]3O)[C@H](O)[C@H]2NC(C)=O)[C@@H](CO)O[C@H]1O. The standard InChI is InChI=1S/C52H88N2O41/c1-11(61)53-21-29(69)40(17(7-59)83-45(21)80)91-46-22(54-12(2)62)30(70)41(18(8-60)88-46)92-51-39(79)43(94-52-44(34(74)26(66)16(6-58)87-52)95-50-37(77)33(73)25(65)15(5-57)86-50)28(68)20(90-51)10-82-48-38(78)42(93-49-36(76)32(72)24(64)14(4-56)85-49)27(67)19(89-48)9-81-47-35(75)31(71)23(63)13(3-55)84-47/h13-52,55-60,63-80H,3-10H2,1-2H3,(H,53,61)(H,54,62)/t13-,14-,15-,16-,17-,18-,19-,20-,21-,22-,23-,24-,25-,26-,27-,28-,29-,30-,31+,32+,33+,34+,35+,36+,37+,38+,39+,40-,41-,42+,43+,44+,45-,46+,47?,48?,49?,50?,51?,52?/m1/s1. The summed E-state index contributed by atoms with van der Waals surface area (Å²) >= 11 is 0. The fourth-order valence-corrected chi connectivity index (χ4v) is 12.1. The average Bonchev–Trinajstić information content (AvgIpc) is 0.779. The van der Waals surface area contributed by atoms with Gasteiger partial charge in [-0.25, -0.2) is 0 Å². The normalized spacial score (nSPS) is 50.8. The summed E-state index contributed by atoms with van der Waals surface area (Å²) in [5.41, 5.74) is 0. The van der Waals surface area contributed by atoms with Crippen molar-refractivity contribution in [2.75, 3.05) is 52.9 Å². The lowest BCUT2D eigenvalue weighted by atomic mass is 9.94. The van der Waals surface area contributed by atoms with E-state index in [1.807, 2.05) is 0 Å². The topological polar surface area (TPSA) is 682 Å². The van der Waals surface area contributed by atoms with E-state index in [2.05, 4.69) is 10.6 Å². The number of aliphatic hydroxyl groups is 24. The Kier molecular flexibility index (Phi) is 27.9. The molecule has 40 atom stereocenters. The van der Waals surface area contributed by atoms with Crippen LogP contribution in [0.25, 0.3) is 0 Å². The van der Waals surface area contributed by atoms with Crippen molar-refractivity contribution in [3.8, 4) is 0 Å². The van der Waals surface area contributed by atoms with Crippen molar-refractivity contribution in [3.05, 3.63) is 0 Å². The van der Waals surface area contributed by atoms with Crippen molar-refractivity contribution in [1.29, 1.82) is 0 Å². The molecule has 43 nitrogen and oxygen atoms in total. The van der Waals surface area contributed by atoms with Gasteiger partial charge in [-0.05, 0) is 0 Å². The lowest BCUT2D eigenvalue weighted by Gasteiger charge is -2.50. The van der Waals surface area contributed by atoms with Crippen LogP contribution in [0.15, 0.2) is 0 Å². The summed E-state index contributed by atoms with van der Waals surface area (Å²) in [4.78, 5) is 24.9. The minimum atomic E-state index is -2.49. The van der Waals surface area contributed by atoms with Crippen LogP contribution >= 0.6 is 0 Å². The van der Waals surface area contributed by atoms with Gasteiger partial charge in [-0.1, -0.05) is 0 Å². The van der Waals surface area contributed by atoms with E-state index in [9.17, 15) is 132 Å². The minimum absolute atomic E-state index is 0.766. The van der Waals surface area contributed by atoms with Gasteiger partial charge < -0.3 is 204 Å². The monoisotopic (exact) mass is 1400 g/mol. The highest BCUT2D eigenvalue weighted by Crippen LogP contribution is 2.38. The van der Waals surface area contributed by atoms with E-state index >= 15 is 0 Å². The molecule has 0 aromatic heterocycles. The zero-order valence-electron chi connectivity index (χ0n) is 50.4. The predicted molar refractivity (Wildman–Crippen MR) is 288 cm³/mol. The Hall–Kier alpha value is -2.62. The van der Waals surface area contributed by atoms with Crippen molar-refractivity contribution in [2.45, 2.75) is 259 Å². The molecule has 8 aliphatic heterocycles. The van der Waals surface area contributed by atoms with E-state index in [1.165, 1.54) is 0 Å². The third kappa shape index (κ3) is 17.0. The van der Waals surface area contributed by atoms with Gasteiger partial charge in [0.25, 0.3) is 0 Å². The molecule has 0 aliphatic carbocycles. The van der Waals surface area contributed by atoms with Gasteiger partial charge in [-0.15, -0.1) is 0 Å². The molecule has 43 heteroatoms. The Bertz CT molecular complexity index is 2380. The summed E-state index contributed by atoms with van der Waals surface area (Å²) in [5, 5.41) is 266. The number of rotatable bonds is 24. The molecule has 0 aromatic rings. The molecule has 26 N–H and O–H groups in total. The third-order valence-corrected chi connectivity index (χ3v) is 17.4. The fourth-order valence-electron chi connectivity index (χ4n) is 12.1. The molecule has 0 saturated carbocycles. The maximum Gasteiger partial charge on any atom is 0.217 e. The Morgan fingerprint density at radius 1 is 0.274 bits per heavy atom. The summed E-state index contributed by atoms with van der Waals surface area (Å²) in [6.07, 6.45) is -77.9. The van der Waals surface area contributed by atoms with Crippen LogP contribution in [0.4, 0.5) is 0 Å². The Morgan fingerprint density at radius 2 is 0.568 bits per heavy atom. The van der Waals surface area contributed by atoms with Gasteiger partial charge in [0.05, 0.1) is 52.9 Å². The molecule has 6 unspecified atom stereocenters. The van der Waals surface area contributed by atoms with E-state index < -0.39 is 310 Å². The molecule has 0 radical (unpaired) electrons. The largest absolute Gasteiger partial charge is 0.394 e. The Balaban J connectivity index is 1.12. The second kappa shape index (κ2) is 33.9. The molecule has 552 valence electrons. The molecule has 2 amide bonds. The minimum Gasteiger partial charge on any atom is -0.394 e. The number of hydrogen-bond acceptors (Lipinski definition) is 41. The van der Waals surface area contributed by atoms with Crippen LogP contribution in [-0.2, 0) is 80.6 Å². The van der Waals surface area contributed by atoms with Crippen LogP contribution in [0.2, 0.25) is 0 Å². The molecule has 8 fully saturated rings. The Morgan fingerprint density at radius 3 is 1.02 bits per heavy atom. The van der Waals surface area contributed by atoms with E-state index in [-0.39, 0.29) is 0 Å². The summed E-state index contributed by atoms with van der Waals surface area (Å²) < 4.78 is 86.6. The van der Waals surface area contributed by atoms with Crippen molar-refractivity contribution in [3.63, 3.8) is 0 Å². The molecule has 95 heavy (non-hydrogen) atoms. The first-order chi connectivity index (χ1) is 44.9. The first-order valence-corrected chi connectivity index (χ1v) is 30.1. The number of hydrogen-bond donors (Lipinski definition) is 26. The van der Waals surface area contributed by atoms with Gasteiger partial charge in [0, 0.05) is 13.8 Å². The maximum atomic E-state index is 12.8. The van der Waals surface area contributed by atoms with E-state index in [1.54, 1.807) is 0 Å². The van der Waals surface area contributed by atoms with Crippen LogP contribution < -0.4 is 10.6 Å². The Labute approximate surface area is 536 Å². The van der Waals surface area contributed by atoms with Crippen molar-refractivity contribution in [2.24, 2.45) is 0 Å². The van der Waals surface area contributed by atoms with Gasteiger partial charge in [-0.2, -0.15) is 0 Å². The zero-order chi connectivity index (χ0) is 69.9.